The molecule has 0 saturated heterocycles. The monoisotopic (exact) mass is 425 g/mol. The number of hydrogen-bond acceptors (Lipinski definition) is 4. The molecule has 4 nitrogen and oxygen atoms in total. The van der Waals surface area contributed by atoms with E-state index in [9.17, 15) is 13.2 Å². The number of thiophene rings is 1. The molecule has 2 heterocycles. The van der Waals surface area contributed by atoms with Crippen LogP contribution in [0.1, 0.15) is 51.7 Å². The van der Waals surface area contributed by atoms with Crippen LogP contribution in [-0.4, -0.2) is 14.3 Å². The molecule has 0 radical (unpaired) electrons. The van der Waals surface area contributed by atoms with Gasteiger partial charge in [-0.15, -0.1) is 11.3 Å². The molecule has 150 valence electrons. The molecule has 6 heteroatoms. The van der Waals surface area contributed by atoms with E-state index in [-0.39, 0.29) is 11.7 Å². The molecule has 1 amide bonds. The molecular formula is C23H23NO3S2. The van der Waals surface area contributed by atoms with Crippen LogP contribution in [0.15, 0.2) is 53.4 Å². The molecule has 4 rings (SSSR count). The molecule has 0 saturated carbocycles. The average molecular weight is 426 g/mol. The van der Waals surface area contributed by atoms with E-state index >= 15 is 0 Å². The minimum Gasteiger partial charge on any atom is -0.347 e. The molecule has 0 fully saturated rings. The van der Waals surface area contributed by atoms with Crippen molar-refractivity contribution in [2.45, 2.75) is 43.9 Å². The van der Waals surface area contributed by atoms with Gasteiger partial charge in [-0.3, -0.25) is 4.79 Å². The van der Waals surface area contributed by atoms with Crippen molar-refractivity contribution in [1.82, 2.24) is 5.32 Å². The standard InChI is InChI=1S/C23H23NO3S2/c1-14(2)17-8-9-21-19(10-17)22-18(13-29(21,26)27)11-20(28-22)23(25)24-12-16-6-4-15(3)5-7-16/h4-11,14H,12-13H2,1-3H3,(H,24,25). The largest absolute Gasteiger partial charge is 0.347 e. The number of amides is 1. The minimum atomic E-state index is -3.39. The normalized spacial score (nSPS) is 14.3. The van der Waals surface area contributed by atoms with E-state index < -0.39 is 9.84 Å². The summed E-state index contributed by atoms with van der Waals surface area (Å²) in [7, 11) is -3.39. The third-order valence-electron chi connectivity index (χ3n) is 5.20. The Kier molecular flexibility index (Phi) is 5.09. The molecule has 2 aromatic carbocycles. The molecule has 0 spiro atoms. The zero-order valence-corrected chi connectivity index (χ0v) is 18.3. The van der Waals surface area contributed by atoms with Crippen molar-refractivity contribution >= 4 is 27.1 Å². The van der Waals surface area contributed by atoms with Crippen LogP contribution in [0.4, 0.5) is 0 Å². The lowest BCUT2D eigenvalue weighted by atomic mass is 9.99. The van der Waals surface area contributed by atoms with Crippen molar-refractivity contribution in [2.24, 2.45) is 0 Å². The van der Waals surface area contributed by atoms with Crippen LogP contribution in [-0.2, 0) is 22.1 Å². The molecule has 0 atom stereocenters. The summed E-state index contributed by atoms with van der Waals surface area (Å²) in [6.07, 6.45) is 0. The van der Waals surface area contributed by atoms with Gasteiger partial charge in [-0.05, 0) is 47.7 Å². The van der Waals surface area contributed by atoms with Gasteiger partial charge in [-0.2, -0.15) is 0 Å². The lowest BCUT2D eigenvalue weighted by molar-refractivity contribution is 0.0955. The highest BCUT2D eigenvalue weighted by atomic mass is 32.2. The van der Waals surface area contributed by atoms with Gasteiger partial charge in [0.1, 0.15) is 0 Å². The van der Waals surface area contributed by atoms with Crippen LogP contribution in [0.2, 0.25) is 0 Å². The second-order valence-corrected chi connectivity index (χ2v) is 10.8. The van der Waals surface area contributed by atoms with Gasteiger partial charge in [0, 0.05) is 17.0 Å². The first kappa shape index (κ1) is 19.9. The van der Waals surface area contributed by atoms with E-state index in [2.05, 4.69) is 19.2 Å². The molecule has 0 aliphatic carbocycles. The summed E-state index contributed by atoms with van der Waals surface area (Å²) in [6, 6.07) is 15.3. The average Bonchev–Trinajstić information content (AvgIpc) is 3.10. The summed E-state index contributed by atoms with van der Waals surface area (Å²) < 4.78 is 25.5. The number of fused-ring (bicyclic) bond motifs is 3. The van der Waals surface area contributed by atoms with E-state index in [0.29, 0.717) is 27.8 Å². The van der Waals surface area contributed by atoms with Crippen molar-refractivity contribution in [1.29, 1.82) is 0 Å². The summed E-state index contributed by atoms with van der Waals surface area (Å²) in [4.78, 5) is 14.5. The predicted molar refractivity (Wildman–Crippen MR) is 117 cm³/mol. The number of carbonyl (C=O) groups is 1. The molecule has 0 bridgehead atoms. The fourth-order valence-electron chi connectivity index (χ4n) is 3.49. The highest BCUT2D eigenvalue weighted by molar-refractivity contribution is 7.91. The van der Waals surface area contributed by atoms with Crippen molar-refractivity contribution in [3.8, 4) is 10.4 Å². The third kappa shape index (κ3) is 3.87. The molecule has 29 heavy (non-hydrogen) atoms. The fourth-order valence-corrected chi connectivity index (χ4v) is 6.34. The number of hydrogen-bond donors (Lipinski definition) is 1. The Morgan fingerprint density at radius 2 is 1.83 bits per heavy atom. The Morgan fingerprint density at radius 1 is 1.10 bits per heavy atom. The first-order chi connectivity index (χ1) is 13.7. The Morgan fingerprint density at radius 3 is 2.52 bits per heavy atom. The highest BCUT2D eigenvalue weighted by Crippen LogP contribution is 2.43. The van der Waals surface area contributed by atoms with Crippen LogP contribution in [0, 0.1) is 6.92 Å². The molecular weight excluding hydrogens is 402 g/mol. The van der Waals surface area contributed by atoms with Crippen LogP contribution in [0.25, 0.3) is 10.4 Å². The fraction of sp³-hybridized carbons (Fsp3) is 0.261. The van der Waals surface area contributed by atoms with Gasteiger partial charge in [0.05, 0.1) is 15.5 Å². The second-order valence-electron chi connectivity index (χ2n) is 7.80. The molecule has 3 aromatic rings. The van der Waals surface area contributed by atoms with Gasteiger partial charge >= 0.3 is 0 Å². The summed E-state index contributed by atoms with van der Waals surface area (Å²) >= 11 is 1.37. The Hall–Kier alpha value is -2.44. The quantitative estimate of drug-likeness (QED) is 0.635. The van der Waals surface area contributed by atoms with Crippen LogP contribution >= 0.6 is 11.3 Å². The third-order valence-corrected chi connectivity index (χ3v) is 8.13. The first-order valence-electron chi connectivity index (χ1n) is 9.58. The van der Waals surface area contributed by atoms with E-state index in [1.165, 1.54) is 16.9 Å². The zero-order valence-electron chi connectivity index (χ0n) is 16.7. The van der Waals surface area contributed by atoms with Crippen LogP contribution in [0.3, 0.4) is 0 Å². The number of nitrogens with one attached hydrogen (secondary N) is 1. The van der Waals surface area contributed by atoms with Gasteiger partial charge in [0.25, 0.3) is 5.91 Å². The zero-order chi connectivity index (χ0) is 20.8. The van der Waals surface area contributed by atoms with Crippen molar-refractivity contribution in [2.75, 3.05) is 0 Å². The molecule has 1 aliphatic rings. The summed E-state index contributed by atoms with van der Waals surface area (Å²) in [5, 5.41) is 2.94. The van der Waals surface area contributed by atoms with Crippen LogP contribution < -0.4 is 5.32 Å². The number of sulfone groups is 1. The molecule has 1 N–H and O–H groups in total. The maximum atomic E-state index is 12.7. The maximum Gasteiger partial charge on any atom is 0.261 e. The summed E-state index contributed by atoms with van der Waals surface area (Å²) in [6.45, 7) is 6.62. The number of carbonyl (C=O) groups excluding carboxylic acids is 1. The Bertz CT molecular complexity index is 1190. The lowest BCUT2D eigenvalue weighted by Crippen LogP contribution is -2.21. The number of aryl methyl sites for hydroxylation is 1. The van der Waals surface area contributed by atoms with Gasteiger partial charge in [-0.25, -0.2) is 8.42 Å². The Labute approximate surface area is 175 Å². The lowest BCUT2D eigenvalue weighted by Gasteiger charge is -2.18. The minimum absolute atomic E-state index is 0.0574. The second kappa shape index (κ2) is 7.43. The van der Waals surface area contributed by atoms with Gasteiger partial charge in [-0.1, -0.05) is 49.7 Å². The molecule has 1 aliphatic heterocycles. The van der Waals surface area contributed by atoms with Crippen molar-refractivity contribution in [3.05, 3.63) is 75.7 Å². The van der Waals surface area contributed by atoms with E-state index in [1.807, 2.05) is 43.3 Å². The highest BCUT2D eigenvalue weighted by Gasteiger charge is 2.31. The van der Waals surface area contributed by atoms with E-state index in [4.69, 9.17) is 0 Å². The maximum absolute atomic E-state index is 12.7. The Balaban J connectivity index is 1.64. The smallest absolute Gasteiger partial charge is 0.261 e. The topological polar surface area (TPSA) is 63.2 Å². The van der Waals surface area contributed by atoms with Crippen molar-refractivity contribution in [3.63, 3.8) is 0 Å². The van der Waals surface area contributed by atoms with Gasteiger partial charge < -0.3 is 5.32 Å². The predicted octanol–water partition coefficient (Wildman–Crippen LogP) is 5.06. The summed E-state index contributed by atoms with van der Waals surface area (Å²) in [5.74, 6) is 0.0625. The van der Waals surface area contributed by atoms with Crippen LogP contribution in [0.5, 0.6) is 0 Å². The van der Waals surface area contributed by atoms with E-state index in [1.54, 1.807) is 12.1 Å². The molecule has 0 unspecified atom stereocenters. The van der Waals surface area contributed by atoms with E-state index in [0.717, 1.165) is 21.6 Å². The first-order valence-corrected chi connectivity index (χ1v) is 12.0. The van der Waals surface area contributed by atoms with Crippen molar-refractivity contribution < 1.29 is 13.2 Å². The SMILES string of the molecule is Cc1ccc(CNC(=O)c2cc3c(s2)-c2cc(C(C)C)ccc2S(=O)(=O)C3)cc1. The van der Waals surface area contributed by atoms with Gasteiger partial charge in [0.15, 0.2) is 9.84 Å². The van der Waals surface area contributed by atoms with Gasteiger partial charge in [0.2, 0.25) is 0 Å². The summed E-state index contributed by atoms with van der Waals surface area (Å²) in [5.41, 5.74) is 4.72. The number of benzene rings is 2. The molecule has 1 aromatic heterocycles. The number of rotatable bonds is 4.